The summed E-state index contributed by atoms with van der Waals surface area (Å²) in [7, 11) is 0. The number of benzene rings is 1. The van der Waals surface area contributed by atoms with E-state index in [1.165, 1.54) is 38.2 Å². The summed E-state index contributed by atoms with van der Waals surface area (Å²) < 4.78 is 0. The van der Waals surface area contributed by atoms with E-state index < -0.39 is 4.92 Å². The second-order valence-electron chi connectivity index (χ2n) is 5.46. The Morgan fingerprint density at radius 3 is 2.65 bits per heavy atom. The maximum atomic E-state index is 10.9. The van der Waals surface area contributed by atoms with Crippen LogP contribution in [0.1, 0.15) is 44.6 Å². The summed E-state index contributed by atoms with van der Waals surface area (Å²) in [5.74, 6) is 0. The number of nitro benzene ring substituents is 1. The third kappa shape index (κ3) is 3.28. The van der Waals surface area contributed by atoms with Gasteiger partial charge < -0.3 is 5.73 Å². The Labute approximate surface area is 119 Å². The molecule has 0 radical (unpaired) electrons. The Kier molecular flexibility index (Phi) is 4.95. The van der Waals surface area contributed by atoms with E-state index >= 15 is 0 Å². The first-order valence-corrected chi connectivity index (χ1v) is 7.39. The number of nitro groups is 1. The number of para-hydroxylation sites is 1. The van der Waals surface area contributed by atoms with Gasteiger partial charge in [0.2, 0.25) is 0 Å². The van der Waals surface area contributed by atoms with E-state index in [1.54, 1.807) is 6.07 Å². The zero-order chi connectivity index (χ0) is 14.5. The summed E-state index contributed by atoms with van der Waals surface area (Å²) in [5, 5.41) is 10.9. The fraction of sp³-hybridized carbons (Fsp3) is 0.600. The molecule has 1 aromatic carbocycles. The van der Waals surface area contributed by atoms with Gasteiger partial charge in [0.05, 0.1) is 4.92 Å². The predicted octanol–water partition coefficient (Wildman–Crippen LogP) is 3.33. The van der Waals surface area contributed by atoms with Gasteiger partial charge in [-0.2, -0.15) is 0 Å². The van der Waals surface area contributed by atoms with Crippen molar-refractivity contribution in [1.82, 2.24) is 4.90 Å². The van der Waals surface area contributed by atoms with E-state index in [1.807, 2.05) is 6.07 Å². The molecule has 0 saturated heterocycles. The smallest absolute Gasteiger partial charge is 0.292 e. The highest BCUT2D eigenvalue weighted by atomic mass is 16.6. The molecule has 2 rings (SSSR count). The fourth-order valence-electron chi connectivity index (χ4n) is 3.06. The molecule has 0 aromatic heterocycles. The van der Waals surface area contributed by atoms with Gasteiger partial charge in [0.25, 0.3) is 5.69 Å². The third-order valence-corrected chi connectivity index (χ3v) is 4.24. The third-order valence-electron chi connectivity index (χ3n) is 4.24. The molecule has 20 heavy (non-hydrogen) atoms. The van der Waals surface area contributed by atoms with E-state index in [2.05, 4.69) is 11.8 Å². The first kappa shape index (κ1) is 14.8. The van der Waals surface area contributed by atoms with Crippen LogP contribution in [0.4, 0.5) is 11.4 Å². The summed E-state index contributed by atoms with van der Waals surface area (Å²) in [4.78, 5) is 12.9. The minimum atomic E-state index is -0.407. The molecule has 5 heteroatoms. The first-order chi connectivity index (χ1) is 9.63. The van der Waals surface area contributed by atoms with Gasteiger partial charge in [-0.3, -0.25) is 15.0 Å². The molecule has 1 aliphatic rings. The van der Waals surface area contributed by atoms with Crippen LogP contribution < -0.4 is 5.73 Å². The van der Waals surface area contributed by atoms with E-state index in [9.17, 15) is 10.1 Å². The highest BCUT2D eigenvalue weighted by molar-refractivity contribution is 5.62. The van der Waals surface area contributed by atoms with Crippen LogP contribution in [0, 0.1) is 10.1 Å². The molecule has 0 aliphatic heterocycles. The largest absolute Gasteiger partial charge is 0.393 e. The van der Waals surface area contributed by atoms with Gasteiger partial charge in [0, 0.05) is 18.7 Å². The lowest BCUT2D eigenvalue weighted by molar-refractivity contribution is -0.384. The molecule has 110 valence electrons. The second-order valence-corrected chi connectivity index (χ2v) is 5.46. The van der Waals surface area contributed by atoms with Crippen molar-refractivity contribution in [3.05, 3.63) is 33.9 Å². The molecule has 1 aliphatic carbocycles. The van der Waals surface area contributed by atoms with E-state index in [-0.39, 0.29) is 5.69 Å². The van der Waals surface area contributed by atoms with Crippen molar-refractivity contribution < 1.29 is 4.92 Å². The van der Waals surface area contributed by atoms with Gasteiger partial charge in [-0.05, 0) is 24.9 Å². The van der Waals surface area contributed by atoms with Crippen LogP contribution in [0.5, 0.6) is 0 Å². The highest BCUT2D eigenvalue weighted by Gasteiger charge is 2.22. The molecule has 1 saturated carbocycles. The van der Waals surface area contributed by atoms with Crippen molar-refractivity contribution in [2.45, 2.75) is 51.6 Å². The monoisotopic (exact) mass is 277 g/mol. The highest BCUT2D eigenvalue weighted by Crippen LogP contribution is 2.28. The second kappa shape index (κ2) is 6.70. The Morgan fingerprint density at radius 2 is 2.05 bits per heavy atom. The molecule has 0 unspecified atom stereocenters. The van der Waals surface area contributed by atoms with Crippen molar-refractivity contribution in [1.29, 1.82) is 0 Å². The number of hydrogen-bond acceptors (Lipinski definition) is 4. The number of rotatable bonds is 5. The van der Waals surface area contributed by atoms with Gasteiger partial charge >= 0.3 is 0 Å². The Balaban J connectivity index is 2.14. The van der Waals surface area contributed by atoms with Crippen molar-refractivity contribution >= 4 is 11.4 Å². The SMILES string of the molecule is CCN(Cc1cccc([N+](=O)[O-])c1N)C1CCCCC1. The lowest BCUT2D eigenvalue weighted by atomic mass is 9.93. The van der Waals surface area contributed by atoms with Crippen LogP contribution in [0.3, 0.4) is 0 Å². The van der Waals surface area contributed by atoms with E-state index in [4.69, 9.17) is 5.73 Å². The van der Waals surface area contributed by atoms with Crippen molar-refractivity contribution in [2.24, 2.45) is 0 Å². The van der Waals surface area contributed by atoms with Gasteiger partial charge in [0.15, 0.2) is 0 Å². The molecular weight excluding hydrogens is 254 g/mol. The number of anilines is 1. The Bertz CT molecular complexity index is 470. The zero-order valence-electron chi connectivity index (χ0n) is 12.0. The predicted molar refractivity (Wildman–Crippen MR) is 80.5 cm³/mol. The van der Waals surface area contributed by atoms with Crippen LogP contribution in [-0.2, 0) is 6.54 Å². The van der Waals surface area contributed by atoms with Crippen molar-refractivity contribution in [3.63, 3.8) is 0 Å². The van der Waals surface area contributed by atoms with Crippen molar-refractivity contribution in [3.8, 4) is 0 Å². The lowest BCUT2D eigenvalue weighted by Gasteiger charge is -2.33. The molecule has 0 heterocycles. The molecule has 0 amide bonds. The molecule has 2 N–H and O–H groups in total. The Hall–Kier alpha value is -1.62. The maximum Gasteiger partial charge on any atom is 0.292 e. The molecule has 1 aromatic rings. The summed E-state index contributed by atoms with van der Waals surface area (Å²) >= 11 is 0. The molecular formula is C15H23N3O2. The van der Waals surface area contributed by atoms with Gasteiger partial charge in [-0.1, -0.05) is 38.3 Å². The fourth-order valence-corrected chi connectivity index (χ4v) is 3.06. The quantitative estimate of drug-likeness (QED) is 0.509. The standard InChI is InChI=1S/C15H23N3O2/c1-2-17(13-8-4-3-5-9-13)11-12-7-6-10-14(15(12)16)18(19)20/h6-7,10,13H,2-5,8-9,11,16H2,1H3. The molecule has 0 bridgehead atoms. The van der Waals surface area contributed by atoms with Crippen LogP contribution in [-0.4, -0.2) is 22.4 Å². The summed E-state index contributed by atoms with van der Waals surface area (Å²) in [6, 6.07) is 5.68. The lowest BCUT2D eigenvalue weighted by Crippen LogP contribution is -2.36. The summed E-state index contributed by atoms with van der Waals surface area (Å²) in [6.45, 7) is 3.80. The zero-order valence-corrected chi connectivity index (χ0v) is 12.0. The molecule has 1 fully saturated rings. The first-order valence-electron chi connectivity index (χ1n) is 7.39. The van der Waals surface area contributed by atoms with E-state index in [0.29, 0.717) is 18.3 Å². The number of nitrogens with zero attached hydrogens (tertiary/aromatic N) is 2. The summed E-state index contributed by atoms with van der Waals surface area (Å²) in [6.07, 6.45) is 6.34. The average molecular weight is 277 g/mol. The van der Waals surface area contributed by atoms with Gasteiger partial charge in [0.1, 0.15) is 5.69 Å². The van der Waals surface area contributed by atoms with Crippen LogP contribution in [0.2, 0.25) is 0 Å². The van der Waals surface area contributed by atoms with E-state index in [0.717, 1.165) is 12.1 Å². The van der Waals surface area contributed by atoms with Crippen LogP contribution >= 0.6 is 0 Å². The average Bonchev–Trinajstić information content (AvgIpc) is 2.47. The van der Waals surface area contributed by atoms with Gasteiger partial charge in [-0.25, -0.2) is 0 Å². The molecule has 5 nitrogen and oxygen atoms in total. The van der Waals surface area contributed by atoms with Gasteiger partial charge in [-0.15, -0.1) is 0 Å². The molecule has 0 spiro atoms. The number of nitrogens with two attached hydrogens (primary N) is 1. The summed E-state index contributed by atoms with van der Waals surface area (Å²) in [5.41, 5.74) is 7.14. The van der Waals surface area contributed by atoms with Crippen LogP contribution in [0.25, 0.3) is 0 Å². The molecule has 0 atom stereocenters. The number of hydrogen-bond donors (Lipinski definition) is 1. The van der Waals surface area contributed by atoms with Crippen molar-refractivity contribution in [2.75, 3.05) is 12.3 Å². The normalized spacial score (nSPS) is 16.5. The number of nitrogen functional groups attached to an aromatic ring is 1. The van der Waals surface area contributed by atoms with Crippen LogP contribution in [0.15, 0.2) is 18.2 Å². The topological polar surface area (TPSA) is 72.4 Å². The minimum Gasteiger partial charge on any atom is -0.393 e. The Morgan fingerprint density at radius 1 is 1.35 bits per heavy atom. The minimum absolute atomic E-state index is 0.0159. The maximum absolute atomic E-state index is 10.9.